The predicted octanol–water partition coefficient (Wildman–Crippen LogP) is 3.03. The van der Waals surface area contributed by atoms with Gasteiger partial charge in [0, 0.05) is 25.2 Å². The molecule has 0 fully saturated rings. The van der Waals surface area contributed by atoms with E-state index in [0.29, 0.717) is 39.4 Å². The lowest BCUT2D eigenvalue weighted by atomic mass is 10.1. The van der Waals surface area contributed by atoms with Crippen LogP contribution < -0.4 is 25.7 Å². The van der Waals surface area contributed by atoms with Crippen molar-refractivity contribution in [1.29, 1.82) is 5.26 Å². The molecule has 0 bridgehead atoms. The van der Waals surface area contributed by atoms with E-state index in [1.54, 1.807) is 47.3 Å². The average Bonchev–Trinajstić information content (AvgIpc) is 3.44. The maximum Gasteiger partial charge on any atom is 0.369 e. The minimum absolute atomic E-state index is 0.0239. The third-order valence-corrected chi connectivity index (χ3v) is 6.68. The first-order valence-corrected chi connectivity index (χ1v) is 13.2. The lowest BCUT2D eigenvalue weighted by molar-refractivity contribution is -0.622. The van der Waals surface area contributed by atoms with Crippen LogP contribution in [0.25, 0.3) is 33.5 Å². The summed E-state index contributed by atoms with van der Waals surface area (Å²) in [4.78, 5) is 12.8. The summed E-state index contributed by atoms with van der Waals surface area (Å²) in [6, 6.07) is 19.1. The van der Waals surface area contributed by atoms with Crippen LogP contribution in [0.3, 0.4) is 0 Å². The monoisotopic (exact) mass is 589 g/mol. The number of imidazole rings is 1. The fraction of sp³-hybridized carbons (Fsp3) is 0.103. The number of nitriles is 1. The van der Waals surface area contributed by atoms with Crippen LogP contribution in [-0.4, -0.2) is 31.2 Å². The quantitative estimate of drug-likeness (QED) is 0.133. The average molecular weight is 590 g/mol. The maximum absolute atomic E-state index is 13.2. The lowest BCUT2D eigenvalue weighted by Gasteiger charge is -2.11. The largest absolute Gasteiger partial charge is 0.617 e. The lowest BCUT2D eigenvalue weighted by Crippen LogP contribution is -2.43. The van der Waals surface area contributed by atoms with Gasteiger partial charge in [0.1, 0.15) is 12.4 Å². The smallest absolute Gasteiger partial charge is 0.369 e. The third-order valence-electron chi connectivity index (χ3n) is 6.68. The summed E-state index contributed by atoms with van der Waals surface area (Å²) in [6.45, 7) is 1.04. The summed E-state index contributed by atoms with van der Waals surface area (Å²) >= 11 is 0. The second-order valence-electron chi connectivity index (χ2n) is 9.53. The molecule has 0 aliphatic rings. The first kappa shape index (κ1) is 27.8. The van der Waals surface area contributed by atoms with Crippen LogP contribution in [0.4, 0.5) is 17.3 Å². The highest BCUT2D eigenvalue weighted by Crippen LogP contribution is 2.33. The van der Waals surface area contributed by atoms with Crippen LogP contribution in [0, 0.1) is 21.7 Å². The Bertz CT molecular complexity index is 2120. The third kappa shape index (κ3) is 5.08. The first-order chi connectivity index (χ1) is 21.4. The van der Waals surface area contributed by atoms with E-state index in [4.69, 9.17) is 16.2 Å². The number of anilines is 1. The van der Waals surface area contributed by atoms with Crippen LogP contribution in [-0.2, 0) is 13.2 Å². The van der Waals surface area contributed by atoms with Gasteiger partial charge in [-0.1, -0.05) is 24.3 Å². The van der Waals surface area contributed by atoms with E-state index in [1.165, 1.54) is 30.3 Å². The van der Waals surface area contributed by atoms with Crippen molar-refractivity contribution in [2.24, 2.45) is 16.0 Å². The molecule has 218 valence electrons. The topological polar surface area (TPSA) is 227 Å². The number of ether oxygens (including phenoxy) is 1. The highest BCUT2D eigenvalue weighted by Gasteiger charge is 2.31. The predicted molar refractivity (Wildman–Crippen MR) is 157 cm³/mol. The van der Waals surface area contributed by atoms with Crippen LogP contribution >= 0.6 is 0 Å². The number of nitrogen functional groups attached to an aromatic ring is 1. The number of hydrogen-bond acceptors (Lipinski definition) is 12. The highest BCUT2D eigenvalue weighted by atomic mass is 16.5. The molecular formula is C29H23N11O4. The number of fused-ring (bicyclic) bond motifs is 2. The molecule has 0 saturated carbocycles. The summed E-state index contributed by atoms with van der Waals surface area (Å²) < 4.78 is 8.51. The minimum Gasteiger partial charge on any atom is -0.617 e. The molecule has 0 saturated heterocycles. The molecule has 44 heavy (non-hydrogen) atoms. The standard InChI is InChI=1S/C29H23N11O4/c30-10-11-38-16-33-25-27(38)34-29(32)35-28(25)44-15-17-4-3-5-18(12-17)36-37-19-8-9-24(41)20(13-19)26-23(14-31)39(42)21-6-1-2-7-22(21)40(26)43/h1-9,12-13,16,41H,10-11,15,30H2,(H2,32,34,35)/b37-36+. The van der Waals surface area contributed by atoms with Gasteiger partial charge in [-0.05, 0) is 35.9 Å². The summed E-state index contributed by atoms with van der Waals surface area (Å²) in [6.07, 6.45) is 1.60. The normalized spacial score (nSPS) is 11.4. The van der Waals surface area contributed by atoms with E-state index >= 15 is 0 Å². The van der Waals surface area contributed by atoms with Crippen LogP contribution in [0.2, 0.25) is 0 Å². The molecule has 3 aromatic heterocycles. The van der Waals surface area contributed by atoms with E-state index in [-0.39, 0.29) is 52.2 Å². The number of para-hydroxylation sites is 2. The Morgan fingerprint density at radius 3 is 2.48 bits per heavy atom. The van der Waals surface area contributed by atoms with Crippen molar-refractivity contribution in [2.75, 3.05) is 12.3 Å². The molecule has 6 aromatic rings. The van der Waals surface area contributed by atoms with Crippen molar-refractivity contribution >= 4 is 39.5 Å². The Morgan fingerprint density at radius 1 is 0.977 bits per heavy atom. The van der Waals surface area contributed by atoms with Crippen molar-refractivity contribution in [3.8, 4) is 29.0 Å². The number of aromatic nitrogens is 6. The second kappa shape index (κ2) is 11.5. The number of phenols is 1. The van der Waals surface area contributed by atoms with Gasteiger partial charge in [0.2, 0.25) is 11.8 Å². The molecule has 3 aromatic carbocycles. The van der Waals surface area contributed by atoms with Crippen molar-refractivity contribution in [3.63, 3.8) is 0 Å². The molecule has 5 N–H and O–H groups in total. The number of nitrogens with two attached hydrogens (primary N) is 2. The number of phenolic OH excluding ortho intramolecular Hbond substituents is 1. The van der Waals surface area contributed by atoms with Gasteiger partial charge in [-0.2, -0.15) is 30.2 Å². The van der Waals surface area contributed by atoms with Gasteiger partial charge in [0.25, 0.3) is 11.0 Å². The first-order valence-electron chi connectivity index (χ1n) is 13.2. The molecule has 15 nitrogen and oxygen atoms in total. The highest BCUT2D eigenvalue weighted by molar-refractivity contribution is 5.78. The number of azo groups is 1. The Morgan fingerprint density at radius 2 is 1.73 bits per heavy atom. The van der Waals surface area contributed by atoms with Crippen molar-refractivity contribution in [3.05, 3.63) is 94.7 Å². The number of rotatable bonds is 8. The summed E-state index contributed by atoms with van der Waals surface area (Å²) in [5, 5.41) is 54.9. The van der Waals surface area contributed by atoms with Gasteiger partial charge in [0.05, 0.1) is 23.3 Å². The Balaban J connectivity index is 1.27. The molecule has 3 heterocycles. The number of benzene rings is 3. The van der Waals surface area contributed by atoms with Crippen molar-refractivity contribution in [1.82, 2.24) is 19.5 Å². The van der Waals surface area contributed by atoms with Crippen molar-refractivity contribution < 1.29 is 19.3 Å². The molecule has 0 amide bonds. The fourth-order valence-corrected chi connectivity index (χ4v) is 4.67. The van der Waals surface area contributed by atoms with Gasteiger partial charge >= 0.3 is 11.4 Å². The summed E-state index contributed by atoms with van der Waals surface area (Å²) in [5.41, 5.74) is 13.3. The SMILES string of the molecule is N#Cc1c(-c2cc(/N=N/c3cccc(COc4nc(N)nc5c4ncn5CCN)c3)ccc2O)[n+]([O-])c2ccccc2[n+]1[O-]. The van der Waals surface area contributed by atoms with Crippen LogP contribution in [0.5, 0.6) is 11.6 Å². The Labute approximate surface area is 248 Å². The van der Waals surface area contributed by atoms with Gasteiger partial charge in [0.15, 0.2) is 17.2 Å². The molecule has 0 atom stereocenters. The minimum atomic E-state index is -0.468. The maximum atomic E-state index is 13.2. The molecule has 0 aliphatic carbocycles. The zero-order valence-corrected chi connectivity index (χ0v) is 22.9. The van der Waals surface area contributed by atoms with Gasteiger partial charge in [-0.3, -0.25) is 0 Å². The molecule has 0 radical (unpaired) electrons. The Hall–Kier alpha value is -6.40. The number of hydrogen-bond donors (Lipinski definition) is 3. The van der Waals surface area contributed by atoms with E-state index in [1.807, 2.05) is 6.07 Å². The summed E-state index contributed by atoms with van der Waals surface area (Å²) in [5.74, 6) is -0.0422. The van der Waals surface area contributed by atoms with E-state index in [9.17, 15) is 20.8 Å². The van der Waals surface area contributed by atoms with Crippen LogP contribution in [0.15, 0.2) is 83.3 Å². The van der Waals surface area contributed by atoms with Gasteiger partial charge in [-0.25, -0.2) is 4.98 Å². The number of aromatic hydroxyl groups is 1. The van der Waals surface area contributed by atoms with Gasteiger partial charge in [-0.15, -0.1) is 4.73 Å². The zero-order valence-electron chi connectivity index (χ0n) is 22.9. The molecule has 15 heteroatoms. The number of nitrogens with zero attached hydrogens (tertiary/aromatic N) is 9. The second-order valence-corrected chi connectivity index (χ2v) is 9.53. The van der Waals surface area contributed by atoms with Crippen LogP contribution in [0.1, 0.15) is 11.3 Å². The molecular weight excluding hydrogens is 566 g/mol. The van der Waals surface area contributed by atoms with E-state index in [2.05, 4.69) is 25.2 Å². The van der Waals surface area contributed by atoms with E-state index < -0.39 is 5.69 Å². The van der Waals surface area contributed by atoms with Crippen molar-refractivity contribution in [2.45, 2.75) is 13.2 Å². The molecule has 0 spiro atoms. The Kier molecular flexibility index (Phi) is 7.23. The summed E-state index contributed by atoms with van der Waals surface area (Å²) in [7, 11) is 0. The van der Waals surface area contributed by atoms with E-state index in [0.717, 1.165) is 5.56 Å². The zero-order chi connectivity index (χ0) is 30.8. The fourth-order valence-electron chi connectivity index (χ4n) is 4.67. The molecule has 0 unspecified atom stereocenters. The molecule has 0 aliphatic heterocycles. The molecule has 6 rings (SSSR count). The van der Waals surface area contributed by atoms with Gasteiger partial charge < -0.3 is 36.3 Å².